The summed E-state index contributed by atoms with van der Waals surface area (Å²) in [6.07, 6.45) is 16.6. The molecule has 0 aromatic carbocycles. The van der Waals surface area contributed by atoms with Gasteiger partial charge in [-0.05, 0) is 35.5 Å². The molecule has 0 spiro atoms. The van der Waals surface area contributed by atoms with Crippen molar-refractivity contribution in [1.82, 2.24) is 0 Å². The van der Waals surface area contributed by atoms with Crippen molar-refractivity contribution < 1.29 is 0 Å². The first kappa shape index (κ1) is 23.0. The molecule has 0 rings (SSSR count). The molecular weight excluding hydrogens is 276 g/mol. The van der Waals surface area contributed by atoms with Crippen molar-refractivity contribution in [2.45, 2.75) is 132 Å². The van der Waals surface area contributed by atoms with Crippen LogP contribution in [0.3, 0.4) is 0 Å². The lowest BCUT2D eigenvalue weighted by Gasteiger charge is -2.47. The van der Waals surface area contributed by atoms with Gasteiger partial charge in [-0.25, -0.2) is 0 Å². The second-order valence-electron chi connectivity index (χ2n) is 9.01. The van der Waals surface area contributed by atoms with Crippen molar-refractivity contribution in [3.63, 3.8) is 0 Å². The summed E-state index contributed by atoms with van der Waals surface area (Å²) in [5.74, 6) is 0. The van der Waals surface area contributed by atoms with E-state index in [4.69, 9.17) is 0 Å². The van der Waals surface area contributed by atoms with Gasteiger partial charge in [-0.1, -0.05) is 113 Å². The highest BCUT2D eigenvalue weighted by molar-refractivity contribution is 4.91. The Balaban J connectivity index is 4.65. The Morgan fingerprint density at radius 1 is 0.478 bits per heavy atom. The zero-order valence-corrected chi connectivity index (χ0v) is 18.0. The summed E-state index contributed by atoms with van der Waals surface area (Å²) in [6, 6.07) is 0. The fraction of sp³-hybridized carbons (Fsp3) is 1.00. The maximum atomic E-state index is 2.57. The number of rotatable bonds is 14. The second kappa shape index (κ2) is 10.8. The molecule has 0 heterocycles. The van der Waals surface area contributed by atoms with Gasteiger partial charge in [0.2, 0.25) is 0 Å². The maximum absolute atomic E-state index is 2.57. The van der Waals surface area contributed by atoms with Crippen LogP contribution in [0.2, 0.25) is 0 Å². The Kier molecular flexibility index (Phi) is 10.8. The van der Waals surface area contributed by atoms with Crippen molar-refractivity contribution in [3.05, 3.63) is 0 Å². The molecule has 0 radical (unpaired) electrons. The standard InChI is InChI=1S/C23H48/c1-9-14-15-16-17-18-21(6,10-2)19-20-23(8,13-5)22(7,11-3)12-4/h9-20H2,1-8H3. The van der Waals surface area contributed by atoms with Gasteiger partial charge in [-0.3, -0.25) is 0 Å². The lowest BCUT2D eigenvalue weighted by molar-refractivity contribution is 0.0286. The van der Waals surface area contributed by atoms with Gasteiger partial charge in [0.05, 0.1) is 0 Å². The predicted molar refractivity (Wildman–Crippen MR) is 108 cm³/mol. The summed E-state index contributed by atoms with van der Waals surface area (Å²) >= 11 is 0. The van der Waals surface area contributed by atoms with E-state index in [0.29, 0.717) is 16.2 Å². The third-order valence-corrected chi connectivity index (χ3v) is 7.82. The number of hydrogen-bond donors (Lipinski definition) is 0. The van der Waals surface area contributed by atoms with E-state index in [-0.39, 0.29) is 0 Å². The normalized spacial score (nSPS) is 17.7. The number of hydrogen-bond acceptors (Lipinski definition) is 0. The van der Waals surface area contributed by atoms with E-state index in [1.807, 2.05) is 0 Å². The molecule has 0 amide bonds. The summed E-state index contributed by atoms with van der Waals surface area (Å²) < 4.78 is 0. The van der Waals surface area contributed by atoms with E-state index in [1.54, 1.807) is 0 Å². The molecule has 23 heavy (non-hydrogen) atoms. The van der Waals surface area contributed by atoms with Crippen LogP contribution in [0.1, 0.15) is 132 Å². The second-order valence-corrected chi connectivity index (χ2v) is 9.01. The van der Waals surface area contributed by atoms with Crippen LogP contribution >= 0.6 is 0 Å². The first-order valence-corrected chi connectivity index (χ1v) is 10.8. The molecule has 0 aliphatic rings. The minimum Gasteiger partial charge on any atom is -0.0654 e. The third kappa shape index (κ3) is 6.79. The molecule has 0 bridgehead atoms. The van der Waals surface area contributed by atoms with E-state index in [9.17, 15) is 0 Å². The topological polar surface area (TPSA) is 0 Å². The lowest BCUT2D eigenvalue weighted by atomic mass is 9.58. The van der Waals surface area contributed by atoms with E-state index >= 15 is 0 Å². The summed E-state index contributed by atoms with van der Waals surface area (Å²) in [5, 5.41) is 0. The lowest BCUT2D eigenvalue weighted by Crippen LogP contribution is -2.37. The smallest absolute Gasteiger partial charge is 0.0275 e. The van der Waals surface area contributed by atoms with Crippen molar-refractivity contribution in [3.8, 4) is 0 Å². The Morgan fingerprint density at radius 3 is 1.43 bits per heavy atom. The summed E-state index contributed by atoms with van der Waals surface area (Å²) in [7, 11) is 0. The van der Waals surface area contributed by atoms with E-state index in [1.165, 1.54) is 77.0 Å². The first-order chi connectivity index (χ1) is 10.8. The molecule has 0 aliphatic heterocycles. The molecule has 0 heteroatoms. The Morgan fingerprint density at radius 2 is 1.00 bits per heavy atom. The van der Waals surface area contributed by atoms with Gasteiger partial charge in [-0.2, -0.15) is 0 Å². The van der Waals surface area contributed by atoms with E-state index in [0.717, 1.165) is 0 Å². The van der Waals surface area contributed by atoms with Crippen LogP contribution < -0.4 is 0 Å². The largest absolute Gasteiger partial charge is 0.0654 e. The predicted octanol–water partition coefficient (Wildman–Crippen LogP) is 8.79. The fourth-order valence-electron chi connectivity index (χ4n) is 4.22. The Bertz CT molecular complexity index is 288. The Labute approximate surface area is 149 Å². The highest BCUT2D eigenvalue weighted by Gasteiger charge is 2.41. The SMILES string of the molecule is CCCCCCCC(C)(CC)CCC(C)(CC)C(C)(CC)CC. The van der Waals surface area contributed by atoms with Crippen LogP contribution in [-0.4, -0.2) is 0 Å². The number of unbranched alkanes of at least 4 members (excludes halogenated alkanes) is 4. The highest BCUT2D eigenvalue weighted by Crippen LogP contribution is 2.52. The van der Waals surface area contributed by atoms with Crippen LogP contribution in [0.4, 0.5) is 0 Å². The average molecular weight is 325 g/mol. The summed E-state index contributed by atoms with van der Waals surface area (Å²) in [5.41, 5.74) is 1.55. The molecule has 0 nitrogen and oxygen atoms in total. The zero-order chi connectivity index (χ0) is 18.0. The maximum Gasteiger partial charge on any atom is -0.0275 e. The molecule has 2 atom stereocenters. The molecule has 0 aromatic heterocycles. The van der Waals surface area contributed by atoms with Gasteiger partial charge < -0.3 is 0 Å². The summed E-state index contributed by atoms with van der Waals surface area (Å²) in [6.45, 7) is 19.6. The van der Waals surface area contributed by atoms with Crippen molar-refractivity contribution >= 4 is 0 Å². The quantitative estimate of drug-likeness (QED) is 0.280. The minimum absolute atomic E-state index is 0.495. The minimum atomic E-state index is 0.495. The van der Waals surface area contributed by atoms with Crippen molar-refractivity contribution in [2.24, 2.45) is 16.2 Å². The third-order valence-electron chi connectivity index (χ3n) is 7.82. The molecule has 0 aromatic rings. The molecule has 0 aliphatic carbocycles. The van der Waals surface area contributed by atoms with Crippen molar-refractivity contribution in [2.75, 3.05) is 0 Å². The van der Waals surface area contributed by atoms with Crippen molar-refractivity contribution in [1.29, 1.82) is 0 Å². The van der Waals surface area contributed by atoms with Gasteiger partial charge in [0.1, 0.15) is 0 Å². The molecular formula is C23H48. The molecule has 0 fully saturated rings. The first-order valence-electron chi connectivity index (χ1n) is 10.8. The highest BCUT2D eigenvalue weighted by atomic mass is 14.5. The average Bonchev–Trinajstić information content (AvgIpc) is 2.58. The monoisotopic (exact) mass is 324 g/mol. The van der Waals surface area contributed by atoms with Gasteiger partial charge in [0, 0.05) is 0 Å². The summed E-state index contributed by atoms with van der Waals surface area (Å²) in [4.78, 5) is 0. The van der Waals surface area contributed by atoms with Crippen LogP contribution in [0.25, 0.3) is 0 Å². The van der Waals surface area contributed by atoms with Gasteiger partial charge >= 0.3 is 0 Å². The van der Waals surface area contributed by atoms with Gasteiger partial charge in [0.15, 0.2) is 0 Å². The van der Waals surface area contributed by atoms with Gasteiger partial charge in [0.25, 0.3) is 0 Å². The molecule has 2 unspecified atom stereocenters. The molecule has 0 N–H and O–H groups in total. The van der Waals surface area contributed by atoms with E-state index in [2.05, 4.69) is 55.4 Å². The fourth-order valence-corrected chi connectivity index (χ4v) is 4.22. The molecule has 140 valence electrons. The van der Waals surface area contributed by atoms with Crippen LogP contribution in [0, 0.1) is 16.2 Å². The van der Waals surface area contributed by atoms with Crippen LogP contribution in [0.5, 0.6) is 0 Å². The zero-order valence-electron chi connectivity index (χ0n) is 18.0. The molecule has 0 saturated carbocycles. The van der Waals surface area contributed by atoms with Crippen LogP contribution in [-0.2, 0) is 0 Å². The van der Waals surface area contributed by atoms with E-state index < -0.39 is 0 Å². The Hall–Kier alpha value is 0. The van der Waals surface area contributed by atoms with Crippen LogP contribution in [0.15, 0.2) is 0 Å². The molecule has 0 saturated heterocycles. The van der Waals surface area contributed by atoms with Gasteiger partial charge in [-0.15, -0.1) is 0 Å².